The largest absolute Gasteiger partial charge is 0.335 e. The van der Waals surface area contributed by atoms with Gasteiger partial charge in [-0.15, -0.1) is 0 Å². The molecule has 2 aliphatic heterocycles. The zero-order valence-electron chi connectivity index (χ0n) is 13.6. The van der Waals surface area contributed by atoms with E-state index in [1.54, 1.807) is 6.08 Å². The lowest BCUT2D eigenvalue weighted by molar-refractivity contribution is -0.127. The number of amides is 1. The molecule has 0 aromatic heterocycles. The molecule has 4 heteroatoms. The molecule has 0 unspecified atom stereocenters. The summed E-state index contributed by atoms with van der Waals surface area (Å²) in [5, 5.41) is 0. The number of carbonyl (C=O) groups excluding carboxylic acids is 1. The first kappa shape index (κ1) is 16.7. The van der Waals surface area contributed by atoms with E-state index in [2.05, 4.69) is 25.7 Å². The van der Waals surface area contributed by atoms with Crippen molar-refractivity contribution in [3.8, 4) is 0 Å². The maximum Gasteiger partial charge on any atom is 0.246 e. The third-order valence-electron chi connectivity index (χ3n) is 4.87. The number of halogens is 1. The zero-order valence-corrected chi connectivity index (χ0v) is 15.2. The van der Waals surface area contributed by atoms with Gasteiger partial charge in [0.1, 0.15) is 0 Å². The van der Waals surface area contributed by atoms with Crippen LogP contribution in [0.5, 0.6) is 0 Å². The van der Waals surface area contributed by atoms with Crippen LogP contribution >= 0.6 is 15.9 Å². The van der Waals surface area contributed by atoms with Crippen LogP contribution in [0.2, 0.25) is 0 Å². The Balaban J connectivity index is 1.57. The number of likely N-dealkylation sites (tertiary alicyclic amines) is 2. The van der Waals surface area contributed by atoms with Gasteiger partial charge in [-0.3, -0.25) is 4.79 Å². The topological polar surface area (TPSA) is 23.6 Å². The summed E-state index contributed by atoms with van der Waals surface area (Å²) in [6.07, 6.45) is 9.92. The van der Waals surface area contributed by atoms with E-state index in [-0.39, 0.29) is 5.91 Å². The molecule has 2 saturated heterocycles. The second-order valence-corrected chi connectivity index (χ2v) is 7.49. The molecule has 1 amide bonds. The Morgan fingerprint density at radius 1 is 1.09 bits per heavy atom. The van der Waals surface area contributed by atoms with Gasteiger partial charge in [-0.05, 0) is 62.5 Å². The summed E-state index contributed by atoms with van der Waals surface area (Å²) in [4.78, 5) is 17.2. The van der Waals surface area contributed by atoms with Crippen LogP contribution in [0.25, 0.3) is 6.08 Å². The second kappa shape index (κ2) is 8.11. The Morgan fingerprint density at radius 3 is 2.57 bits per heavy atom. The highest BCUT2D eigenvalue weighted by Crippen LogP contribution is 2.21. The average molecular weight is 377 g/mol. The lowest BCUT2D eigenvalue weighted by atomic mass is 10.1. The summed E-state index contributed by atoms with van der Waals surface area (Å²) >= 11 is 3.43. The number of benzene rings is 1. The van der Waals surface area contributed by atoms with E-state index in [1.165, 1.54) is 32.4 Å². The standard InChI is InChI=1S/C19H25BrN2O/c20-17-9-6-16(7-10-17)8-11-19(23)22-14-4-5-18(22)15-21-12-2-1-3-13-21/h6-11,18H,1-5,12-15H2/t18-/m0/s1. The van der Waals surface area contributed by atoms with Crippen molar-refractivity contribution in [3.05, 3.63) is 40.4 Å². The molecule has 0 N–H and O–H groups in total. The van der Waals surface area contributed by atoms with E-state index in [0.29, 0.717) is 6.04 Å². The molecule has 2 fully saturated rings. The third-order valence-corrected chi connectivity index (χ3v) is 5.39. The van der Waals surface area contributed by atoms with Crippen molar-refractivity contribution in [1.82, 2.24) is 9.80 Å². The van der Waals surface area contributed by atoms with Gasteiger partial charge in [0, 0.05) is 29.7 Å². The molecule has 1 aromatic carbocycles. The molecular formula is C19H25BrN2O. The fourth-order valence-electron chi connectivity index (χ4n) is 3.59. The van der Waals surface area contributed by atoms with Gasteiger partial charge in [0.2, 0.25) is 5.91 Å². The van der Waals surface area contributed by atoms with E-state index in [9.17, 15) is 4.79 Å². The van der Waals surface area contributed by atoms with Crippen molar-refractivity contribution in [2.45, 2.75) is 38.1 Å². The van der Waals surface area contributed by atoms with Crippen molar-refractivity contribution in [2.24, 2.45) is 0 Å². The Kier molecular flexibility index (Phi) is 5.90. The van der Waals surface area contributed by atoms with E-state index < -0.39 is 0 Å². The van der Waals surface area contributed by atoms with Crippen molar-refractivity contribution in [3.63, 3.8) is 0 Å². The van der Waals surface area contributed by atoms with E-state index in [1.807, 2.05) is 30.3 Å². The van der Waals surface area contributed by atoms with Gasteiger partial charge < -0.3 is 9.80 Å². The van der Waals surface area contributed by atoms with Gasteiger partial charge in [-0.2, -0.15) is 0 Å². The van der Waals surface area contributed by atoms with E-state index >= 15 is 0 Å². The fourth-order valence-corrected chi connectivity index (χ4v) is 3.86. The normalized spacial score (nSPS) is 22.8. The van der Waals surface area contributed by atoms with Crippen LogP contribution in [0.3, 0.4) is 0 Å². The van der Waals surface area contributed by atoms with E-state index in [0.717, 1.165) is 36.0 Å². The molecule has 0 saturated carbocycles. The quantitative estimate of drug-likeness (QED) is 0.742. The Morgan fingerprint density at radius 2 is 1.83 bits per heavy atom. The van der Waals surface area contributed by atoms with Crippen LogP contribution in [0.4, 0.5) is 0 Å². The summed E-state index contributed by atoms with van der Waals surface area (Å²) in [5.74, 6) is 0.160. The smallest absolute Gasteiger partial charge is 0.246 e. The summed E-state index contributed by atoms with van der Waals surface area (Å²) in [7, 11) is 0. The minimum absolute atomic E-state index is 0.160. The van der Waals surface area contributed by atoms with Crippen LogP contribution in [0, 0.1) is 0 Å². The summed E-state index contributed by atoms with van der Waals surface area (Å²) < 4.78 is 1.06. The maximum absolute atomic E-state index is 12.5. The number of hydrogen-bond donors (Lipinski definition) is 0. The molecule has 1 atom stereocenters. The predicted molar refractivity (Wildman–Crippen MR) is 98.2 cm³/mol. The lowest BCUT2D eigenvalue weighted by Crippen LogP contribution is -2.44. The molecule has 0 radical (unpaired) electrons. The minimum atomic E-state index is 0.160. The Labute approximate surface area is 147 Å². The van der Waals surface area contributed by atoms with E-state index in [4.69, 9.17) is 0 Å². The first-order valence-corrected chi connectivity index (χ1v) is 9.48. The number of hydrogen-bond acceptors (Lipinski definition) is 2. The van der Waals surface area contributed by atoms with Gasteiger partial charge in [0.05, 0.1) is 0 Å². The Bertz CT molecular complexity index is 549. The molecule has 2 aliphatic rings. The third kappa shape index (κ3) is 4.67. The first-order valence-electron chi connectivity index (χ1n) is 8.69. The number of piperidine rings is 1. The number of rotatable bonds is 4. The SMILES string of the molecule is O=C(C=Cc1ccc(Br)cc1)N1CCC[C@H]1CN1CCCCC1. The van der Waals surface area contributed by atoms with Gasteiger partial charge in [0.25, 0.3) is 0 Å². The lowest BCUT2D eigenvalue weighted by Gasteiger charge is -2.32. The summed E-state index contributed by atoms with van der Waals surface area (Å²) in [6.45, 7) is 4.36. The van der Waals surface area contributed by atoms with Crippen molar-refractivity contribution >= 4 is 27.9 Å². The highest BCUT2D eigenvalue weighted by Gasteiger charge is 2.29. The highest BCUT2D eigenvalue weighted by molar-refractivity contribution is 9.10. The van der Waals surface area contributed by atoms with Crippen molar-refractivity contribution in [2.75, 3.05) is 26.2 Å². The molecular weight excluding hydrogens is 352 g/mol. The van der Waals surface area contributed by atoms with Crippen LogP contribution < -0.4 is 0 Å². The maximum atomic E-state index is 12.5. The predicted octanol–water partition coefficient (Wildman–Crippen LogP) is 3.94. The molecule has 1 aromatic rings. The summed E-state index contributed by atoms with van der Waals surface area (Å²) in [6, 6.07) is 8.43. The van der Waals surface area contributed by atoms with Crippen molar-refractivity contribution < 1.29 is 4.79 Å². The first-order chi connectivity index (χ1) is 11.2. The minimum Gasteiger partial charge on any atom is -0.335 e. The monoisotopic (exact) mass is 376 g/mol. The molecule has 0 aliphatic carbocycles. The molecule has 0 spiro atoms. The van der Waals surface area contributed by atoms with Gasteiger partial charge in [-0.25, -0.2) is 0 Å². The van der Waals surface area contributed by atoms with Crippen LogP contribution in [-0.4, -0.2) is 47.9 Å². The molecule has 124 valence electrons. The van der Waals surface area contributed by atoms with Crippen LogP contribution in [0.1, 0.15) is 37.7 Å². The molecule has 23 heavy (non-hydrogen) atoms. The Hall–Kier alpha value is -1.13. The molecule has 0 bridgehead atoms. The van der Waals surface area contributed by atoms with Crippen LogP contribution in [-0.2, 0) is 4.79 Å². The van der Waals surface area contributed by atoms with Gasteiger partial charge in [0.15, 0.2) is 0 Å². The fraction of sp³-hybridized carbons (Fsp3) is 0.526. The summed E-state index contributed by atoms with van der Waals surface area (Å²) in [5.41, 5.74) is 1.06. The number of carbonyl (C=O) groups is 1. The second-order valence-electron chi connectivity index (χ2n) is 6.57. The zero-order chi connectivity index (χ0) is 16.1. The van der Waals surface area contributed by atoms with Crippen molar-refractivity contribution in [1.29, 1.82) is 0 Å². The highest BCUT2D eigenvalue weighted by atomic mass is 79.9. The molecule has 3 rings (SSSR count). The molecule has 3 nitrogen and oxygen atoms in total. The average Bonchev–Trinajstić information content (AvgIpc) is 3.03. The van der Waals surface area contributed by atoms with Crippen LogP contribution in [0.15, 0.2) is 34.8 Å². The van der Waals surface area contributed by atoms with Gasteiger partial charge in [-0.1, -0.05) is 34.5 Å². The van der Waals surface area contributed by atoms with Gasteiger partial charge >= 0.3 is 0 Å². The number of nitrogens with zero attached hydrogens (tertiary/aromatic N) is 2. The molecule has 2 heterocycles.